The Bertz CT molecular complexity index is 918. The van der Waals surface area contributed by atoms with Crippen molar-refractivity contribution in [2.45, 2.75) is 65.6 Å². The minimum Gasteiger partial charge on any atom is -0.479 e. The Labute approximate surface area is 173 Å². The molecule has 0 amide bonds. The van der Waals surface area contributed by atoms with Crippen molar-refractivity contribution in [3.05, 3.63) is 47.7 Å². The molecule has 29 heavy (non-hydrogen) atoms. The lowest BCUT2D eigenvalue weighted by Gasteiger charge is -2.30. The fourth-order valence-corrected chi connectivity index (χ4v) is 3.83. The summed E-state index contributed by atoms with van der Waals surface area (Å²) in [7, 11) is 1.81. The van der Waals surface area contributed by atoms with E-state index in [1.165, 1.54) is 0 Å². The first-order valence-corrected chi connectivity index (χ1v) is 10.2. The van der Waals surface area contributed by atoms with Crippen molar-refractivity contribution in [3.63, 3.8) is 0 Å². The van der Waals surface area contributed by atoms with E-state index in [1.54, 1.807) is 11.7 Å². The molecule has 0 aliphatic heterocycles. The average Bonchev–Trinajstić information content (AvgIpc) is 2.96. The van der Waals surface area contributed by atoms with Crippen LogP contribution in [0.3, 0.4) is 0 Å². The zero-order valence-electron chi connectivity index (χ0n) is 18.3. The van der Waals surface area contributed by atoms with Crippen LogP contribution in [-0.2, 0) is 16.6 Å². The molecule has 1 aromatic carbocycles. The van der Waals surface area contributed by atoms with Gasteiger partial charge in [-0.05, 0) is 51.0 Å². The Hall–Kier alpha value is -2.40. The first-order valence-electron chi connectivity index (χ1n) is 10.2. The molecule has 1 heterocycles. The number of benzene rings is 1. The molecule has 0 bridgehead atoms. The normalized spacial score (nSPS) is 17.7. The Morgan fingerprint density at radius 3 is 2.41 bits per heavy atom. The molecule has 3 rings (SSSR count). The Kier molecular flexibility index (Phi) is 5.72. The topological polar surface area (TPSA) is 64.4 Å². The van der Waals surface area contributed by atoms with Crippen molar-refractivity contribution in [2.24, 2.45) is 12.5 Å². The quantitative estimate of drug-likeness (QED) is 0.712. The van der Waals surface area contributed by atoms with E-state index in [2.05, 4.69) is 19.9 Å². The highest BCUT2D eigenvalue weighted by Crippen LogP contribution is 2.43. The number of aryl methyl sites for hydroxylation is 1. The number of rotatable bonds is 5. The molecular weight excluding hydrogens is 364 g/mol. The number of hydrogen-bond acceptors (Lipinski definition) is 3. The van der Waals surface area contributed by atoms with Crippen molar-refractivity contribution < 1.29 is 14.6 Å². The number of carbonyl (C=O) groups is 1. The predicted molar refractivity (Wildman–Crippen MR) is 115 cm³/mol. The van der Waals surface area contributed by atoms with Crippen molar-refractivity contribution >= 4 is 11.5 Å². The maximum absolute atomic E-state index is 12.2. The minimum atomic E-state index is -1.09. The van der Waals surface area contributed by atoms with Crippen LogP contribution in [0.2, 0.25) is 0 Å². The average molecular weight is 397 g/mol. The number of allylic oxidation sites excluding steroid dienone is 2. The zero-order chi connectivity index (χ0) is 21.4. The van der Waals surface area contributed by atoms with Crippen LogP contribution in [0.5, 0.6) is 0 Å². The fraction of sp³-hybridized carbons (Fsp3) is 0.500. The van der Waals surface area contributed by atoms with Crippen LogP contribution in [0.25, 0.3) is 16.8 Å². The molecule has 1 atom stereocenters. The van der Waals surface area contributed by atoms with Crippen LogP contribution in [0.1, 0.15) is 71.2 Å². The molecule has 1 N–H and O–H groups in total. The van der Waals surface area contributed by atoms with Gasteiger partial charge in [0.2, 0.25) is 0 Å². The van der Waals surface area contributed by atoms with E-state index in [1.807, 2.05) is 51.1 Å². The number of nitrogens with zero attached hydrogens (tertiary/aromatic N) is 2. The molecule has 0 spiro atoms. The van der Waals surface area contributed by atoms with Gasteiger partial charge in [-0.3, -0.25) is 4.68 Å². The molecule has 0 saturated carbocycles. The molecule has 0 fully saturated rings. The van der Waals surface area contributed by atoms with Gasteiger partial charge in [0.05, 0.1) is 11.3 Å². The highest BCUT2D eigenvalue weighted by atomic mass is 16.5. The van der Waals surface area contributed by atoms with Gasteiger partial charge >= 0.3 is 5.97 Å². The van der Waals surface area contributed by atoms with Crippen molar-refractivity contribution in [1.29, 1.82) is 0 Å². The highest BCUT2D eigenvalue weighted by molar-refractivity contribution is 5.85. The number of carboxylic acid groups (broad SMARTS) is 1. The molecule has 5 nitrogen and oxygen atoms in total. The third kappa shape index (κ3) is 4.78. The summed E-state index contributed by atoms with van der Waals surface area (Å²) in [6.07, 6.45) is 4.08. The first-order chi connectivity index (χ1) is 13.5. The number of ether oxygens (including phenoxy) is 1. The third-order valence-electron chi connectivity index (χ3n) is 5.38. The highest BCUT2D eigenvalue weighted by Gasteiger charge is 2.35. The van der Waals surface area contributed by atoms with Gasteiger partial charge in [-0.1, -0.05) is 50.3 Å². The van der Waals surface area contributed by atoms with E-state index < -0.39 is 17.7 Å². The van der Waals surface area contributed by atoms with Gasteiger partial charge in [0.1, 0.15) is 5.69 Å². The van der Waals surface area contributed by atoms with E-state index in [9.17, 15) is 9.90 Å². The Balaban J connectivity index is 2.22. The summed E-state index contributed by atoms with van der Waals surface area (Å²) in [6, 6.07) is 9.96. The second-order valence-corrected chi connectivity index (χ2v) is 9.64. The number of aromatic nitrogens is 2. The van der Waals surface area contributed by atoms with Crippen molar-refractivity contribution in [3.8, 4) is 11.3 Å². The van der Waals surface area contributed by atoms with Crippen LogP contribution in [-0.4, -0.2) is 26.5 Å². The van der Waals surface area contributed by atoms with Crippen LogP contribution >= 0.6 is 0 Å². The Morgan fingerprint density at radius 1 is 1.24 bits per heavy atom. The van der Waals surface area contributed by atoms with E-state index in [0.717, 1.165) is 41.7 Å². The van der Waals surface area contributed by atoms with Gasteiger partial charge in [-0.15, -0.1) is 0 Å². The predicted octanol–water partition coefficient (Wildman–Crippen LogP) is 5.62. The lowest BCUT2D eigenvalue weighted by atomic mass is 9.76. The van der Waals surface area contributed by atoms with Gasteiger partial charge in [-0.25, -0.2) is 4.79 Å². The second kappa shape index (κ2) is 7.79. The Morgan fingerprint density at radius 2 is 1.90 bits per heavy atom. The largest absolute Gasteiger partial charge is 0.479 e. The summed E-state index contributed by atoms with van der Waals surface area (Å²) in [5, 5.41) is 14.8. The third-order valence-corrected chi connectivity index (χ3v) is 5.38. The van der Waals surface area contributed by atoms with E-state index in [0.29, 0.717) is 5.69 Å². The van der Waals surface area contributed by atoms with Crippen LogP contribution in [0.15, 0.2) is 36.4 Å². The number of aliphatic carboxylic acids is 1. The molecule has 0 radical (unpaired) electrons. The maximum Gasteiger partial charge on any atom is 0.339 e. The van der Waals surface area contributed by atoms with E-state index in [-0.39, 0.29) is 5.41 Å². The summed E-state index contributed by atoms with van der Waals surface area (Å²) < 4.78 is 7.68. The molecule has 0 saturated heterocycles. The smallest absolute Gasteiger partial charge is 0.339 e. The van der Waals surface area contributed by atoms with Crippen LogP contribution in [0, 0.1) is 5.41 Å². The van der Waals surface area contributed by atoms with Gasteiger partial charge in [-0.2, -0.15) is 5.10 Å². The minimum absolute atomic E-state index is 0.257. The summed E-state index contributed by atoms with van der Waals surface area (Å²) in [6.45, 7) is 10.2. The van der Waals surface area contributed by atoms with Gasteiger partial charge in [0, 0.05) is 18.2 Å². The monoisotopic (exact) mass is 396 g/mol. The summed E-state index contributed by atoms with van der Waals surface area (Å²) in [4.78, 5) is 12.2. The molecule has 156 valence electrons. The molecule has 5 heteroatoms. The first kappa shape index (κ1) is 21.3. The SMILES string of the molecule is Cn1nc(-c2ccccc2)c(C2=CCC(C)(C)CC2)c1C(OC(C)(C)C)C(=O)O. The molecule has 2 aromatic rings. The van der Waals surface area contributed by atoms with Gasteiger partial charge in [0.15, 0.2) is 6.10 Å². The second-order valence-electron chi connectivity index (χ2n) is 9.64. The molecule has 1 aliphatic rings. The van der Waals surface area contributed by atoms with Crippen molar-refractivity contribution in [2.75, 3.05) is 0 Å². The van der Waals surface area contributed by atoms with Gasteiger partial charge < -0.3 is 9.84 Å². The lowest BCUT2D eigenvalue weighted by Crippen LogP contribution is -2.29. The molecular formula is C24H32N2O3. The zero-order valence-corrected chi connectivity index (χ0v) is 18.3. The van der Waals surface area contributed by atoms with Crippen LogP contribution in [0.4, 0.5) is 0 Å². The number of carboxylic acids is 1. The standard InChI is InChI=1S/C24H32N2O3/c1-23(2,3)29-21(22(27)28)20-18(16-12-14-24(4,5)15-13-16)19(25-26(20)6)17-10-8-7-9-11-17/h7-12,21H,13-15H2,1-6H3,(H,27,28). The summed E-state index contributed by atoms with van der Waals surface area (Å²) >= 11 is 0. The maximum atomic E-state index is 12.2. The van der Waals surface area contributed by atoms with Gasteiger partial charge in [0.25, 0.3) is 0 Å². The number of hydrogen-bond donors (Lipinski definition) is 1. The van der Waals surface area contributed by atoms with Crippen LogP contribution < -0.4 is 0 Å². The summed E-state index contributed by atoms with van der Waals surface area (Å²) in [5.74, 6) is -1.000. The molecule has 1 aliphatic carbocycles. The van der Waals surface area contributed by atoms with E-state index >= 15 is 0 Å². The fourth-order valence-electron chi connectivity index (χ4n) is 3.83. The van der Waals surface area contributed by atoms with E-state index in [4.69, 9.17) is 9.84 Å². The lowest BCUT2D eigenvalue weighted by molar-refractivity contribution is -0.161. The molecule has 1 aromatic heterocycles. The summed E-state index contributed by atoms with van der Waals surface area (Å²) in [5.41, 5.74) is 4.14. The molecule has 1 unspecified atom stereocenters. The van der Waals surface area contributed by atoms with Crippen molar-refractivity contribution in [1.82, 2.24) is 9.78 Å².